The van der Waals surface area contributed by atoms with Crippen LogP contribution in [0, 0.1) is 12.8 Å². The van der Waals surface area contributed by atoms with Crippen LogP contribution in [-0.2, 0) is 0 Å². The predicted molar refractivity (Wildman–Crippen MR) is 23.1 cm³/mol. The number of hydrogen-bond donors (Lipinski definition) is 0. The summed E-state index contributed by atoms with van der Waals surface area (Å²) in [4.78, 5) is 0. The molecule has 1 aliphatic carbocycles. The zero-order valence-electron chi connectivity index (χ0n) is 2.95. The van der Waals surface area contributed by atoms with E-state index in [4.69, 9.17) is 11.6 Å². The first kappa shape index (κ1) is 3.48. The minimum absolute atomic E-state index is 0.412. The quantitative estimate of drug-likeness (QED) is 0.394. The van der Waals surface area contributed by atoms with Gasteiger partial charge < -0.3 is 0 Å². The van der Waals surface area contributed by atoms with Crippen LogP contribution in [0.2, 0.25) is 0 Å². The molecule has 2 atom stereocenters. The minimum Gasteiger partial charge on any atom is -0.123 e. The Labute approximate surface area is 37.1 Å². The topological polar surface area (TPSA) is 0 Å². The second-order valence-electron chi connectivity index (χ2n) is 1.51. The molecule has 0 aromatic heterocycles. The van der Waals surface area contributed by atoms with Gasteiger partial charge >= 0.3 is 0 Å². The summed E-state index contributed by atoms with van der Waals surface area (Å²) in [6.07, 6.45) is 1.13. The van der Waals surface area contributed by atoms with E-state index in [1.165, 1.54) is 0 Å². The van der Waals surface area contributed by atoms with Gasteiger partial charge in [0.2, 0.25) is 0 Å². The Bertz CT molecular complexity index is 36.9. The maximum atomic E-state index is 5.47. The molecule has 29 valence electrons. The summed E-state index contributed by atoms with van der Waals surface area (Å²) < 4.78 is 0. The first-order valence-corrected chi connectivity index (χ1v) is 2.21. The van der Waals surface area contributed by atoms with E-state index in [0.29, 0.717) is 11.3 Å². The SMILES string of the molecule is [CH2]C1CC1Cl. The van der Waals surface area contributed by atoms with Gasteiger partial charge in [-0.05, 0) is 19.3 Å². The maximum Gasteiger partial charge on any atom is 0.0367 e. The van der Waals surface area contributed by atoms with Crippen molar-refractivity contribution >= 4 is 11.6 Å². The zero-order chi connectivity index (χ0) is 3.86. The molecule has 1 saturated carbocycles. The fourth-order valence-corrected chi connectivity index (χ4v) is 0.440. The Morgan fingerprint density at radius 2 is 2.00 bits per heavy atom. The van der Waals surface area contributed by atoms with E-state index in [2.05, 4.69) is 6.92 Å². The molecule has 5 heavy (non-hydrogen) atoms. The van der Waals surface area contributed by atoms with Gasteiger partial charge in [-0.25, -0.2) is 0 Å². The molecule has 0 aromatic carbocycles. The van der Waals surface area contributed by atoms with Gasteiger partial charge in [0, 0.05) is 5.38 Å². The first-order valence-electron chi connectivity index (χ1n) is 1.78. The summed E-state index contributed by atoms with van der Waals surface area (Å²) >= 11 is 5.47. The monoisotopic (exact) mass is 89.0 g/mol. The molecule has 0 heterocycles. The molecule has 1 rings (SSSR count). The van der Waals surface area contributed by atoms with E-state index < -0.39 is 0 Å². The lowest BCUT2D eigenvalue weighted by Crippen LogP contribution is -1.61. The Balaban J connectivity index is 2.20. The van der Waals surface area contributed by atoms with Crippen LogP contribution in [0.5, 0.6) is 0 Å². The van der Waals surface area contributed by atoms with Gasteiger partial charge in [0.1, 0.15) is 0 Å². The van der Waals surface area contributed by atoms with Gasteiger partial charge in [0.05, 0.1) is 0 Å². The molecule has 2 unspecified atom stereocenters. The molecular formula is C4H6Cl. The molecule has 0 spiro atoms. The molecule has 0 aliphatic heterocycles. The normalized spacial score (nSPS) is 49.2. The van der Waals surface area contributed by atoms with Crippen molar-refractivity contribution in [3.05, 3.63) is 6.92 Å². The van der Waals surface area contributed by atoms with Crippen LogP contribution in [0.3, 0.4) is 0 Å². The summed E-state index contributed by atoms with van der Waals surface area (Å²) in [7, 11) is 0. The number of alkyl halides is 1. The third-order valence-corrected chi connectivity index (χ3v) is 1.37. The highest BCUT2D eigenvalue weighted by Crippen LogP contribution is 2.34. The average Bonchev–Trinajstić information content (AvgIpc) is 1.79. The molecule has 0 aromatic rings. The molecule has 1 aliphatic rings. The summed E-state index contributed by atoms with van der Waals surface area (Å²) in [6.45, 7) is 3.70. The molecular weight excluding hydrogens is 83.5 g/mol. The van der Waals surface area contributed by atoms with Gasteiger partial charge in [0.25, 0.3) is 0 Å². The van der Waals surface area contributed by atoms with Crippen LogP contribution >= 0.6 is 11.6 Å². The van der Waals surface area contributed by atoms with Crippen LogP contribution in [-0.4, -0.2) is 5.38 Å². The van der Waals surface area contributed by atoms with Gasteiger partial charge in [-0.15, -0.1) is 11.6 Å². The Kier molecular flexibility index (Phi) is 0.608. The lowest BCUT2D eigenvalue weighted by atomic mass is 10.5. The summed E-state index contributed by atoms with van der Waals surface area (Å²) in [6, 6.07) is 0. The van der Waals surface area contributed by atoms with E-state index in [1.807, 2.05) is 0 Å². The summed E-state index contributed by atoms with van der Waals surface area (Å²) in [5.74, 6) is 0.566. The van der Waals surface area contributed by atoms with Crippen molar-refractivity contribution in [2.75, 3.05) is 0 Å². The van der Waals surface area contributed by atoms with E-state index in [-0.39, 0.29) is 0 Å². The average molecular weight is 89.5 g/mol. The van der Waals surface area contributed by atoms with Crippen molar-refractivity contribution in [3.63, 3.8) is 0 Å². The molecule has 0 amide bonds. The van der Waals surface area contributed by atoms with Crippen molar-refractivity contribution in [1.82, 2.24) is 0 Å². The maximum absolute atomic E-state index is 5.47. The van der Waals surface area contributed by atoms with Crippen LogP contribution in [0.15, 0.2) is 0 Å². The van der Waals surface area contributed by atoms with Crippen LogP contribution in [0.25, 0.3) is 0 Å². The highest BCUT2D eigenvalue weighted by atomic mass is 35.5. The number of halogens is 1. The van der Waals surface area contributed by atoms with E-state index in [0.717, 1.165) is 6.42 Å². The van der Waals surface area contributed by atoms with Gasteiger partial charge in [-0.2, -0.15) is 0 Å². The van der Waals surface area contributed by atoms with E-state index in [9.17, 15) is 0 Å². The third kappa shape index (κ3) is 0.569. The highest BCUT2D eigenvalue weighted by molar-refractivity contribution is 6.22. The van der Waals surface area contributed by atoms with Crippen LogP contribution < -0.4 is 0 Å². The minimum atomic E-state index is 0.412. The number of hydrogen-bond acceptors (Lipinski definition) is 0. The van der Waals surface area contributed by atoms with Gasteiger partial charge in [-0.1, -0.05) is 0 Å². The van der Waals surface area contributed by atoms with Crippen molar-refractivity contribution < 1.29 is 0 Å². The molecule has 0 saturated heterocycles. The molecule has 0 bridgehead atoms. The van der Waals surface area contributed by atoms with Crippen LogP contribution in [0.4, 0.5) is 0 Å². The fourth-order valence-electron chi connectivity index (χ4n) is 0.211. The van der Waals surface area contributed by atoms with Gasteiger partial charge in [-0.3, -0.25) is 0 Å². The Morgan fingerprint density at radius 3 is 2.00 bits per heavy atom. The second-order valence-corrected chi connectivity index (χ2v) is 2.07. The molecule has 0 N–H and O–H groups in total. The lowest BCUT2D eigenvalue weighted by Gasteiger charge is -1.64. The van der Waals surface area contributed by atoms with Crippen molar-refractivity contribution in [1.29, 1.82) is 0 Å². The third-order valence-electron chi connectivity index (χ3n) is 0.836. The highest BCUT2D eigenvalue weighted by Gasteiger charge is 2.29. The molecule has 1 heteroatoms. The van der Waals surface area contributed by atoms with Gasteiger partial charge in [0.15, 0.2) is 0 Å². The smallest absolute Gasteiger partial charge is 0.0367 e. The summed E-state index contributed by atoms with van der Waals surface area (Å²) in [5, 5.41) is 0.412. The fraction of sp³-hybridized carbons (Fsp3) is 0.750. The largest absolute Gasteiger partial charge is 0.123 e. The van der Waals surface area contributed by atoms with Crippen LogP contribution in [0.1, 0.15) is 6.42 Å². The van der Waals surface area contributed by atoms with E-state index >= 15 is 0 Å². The Morgan fingerprint density at radius 1 is 1.80 bits per heavy atom. The molecule has 1 radical (unpaired) electrons. The molecule has 0 nitrogen and oxygen atoms in total. The van der Waals surface area contributed by atoms with Crippen molar-refractivity contribution in [3.8, 4) is 0 Å². The van der Waals surface area contributed by atoms with Crippen molar-refractivity contribution in [2.24, 2.45) is 5.92 Å². The predicted octanol–water partition coefficient (Wildman–Crippen LogP) is 1.45. The molecule has 1 fully saturated rings. The number of rotatable bonds is 0. The second kappa shape index (κ2) is 0.874. The zero-order valence-corrected chi connectivity index (χ0v) is 3.70. The lowest BCUT2D eigenvalue weighted by molar-refractivity contribution is 1.12. The standard InChI is InChI=1S/C4H6Cl/c1-3-2-4(3)5/h3-4H,1-2H2. The van der Waals surface area contributed by atoms with Crippen molar-refractivity contribution in [2.45, 2.75) is 11.8 Å². The summed E-state index contributed by atoms with van der Waals surface area (Å²) in [5.41, 5.74) is 0. The van der Waals surface area contributed by atoms with E-state index in [1.54, 1.807) is 0 Å². The Hall–Kier alpha value is 0.290. The first-order chi connectivity index (χ1) is 2.30.